The van der Waals surface area contributed by atoms with Gasteiger partial charge in [0.2, 0.25) is 0 Å². The van der Waals surface area contributed by atoms with E-state index in [4.69, 9.17) is 0 Å². The number of aryl methyl sites for hydroxylation is 1. The topological polar surface area (TPSA) is 63.2 Å². The minimum Gasteiger partial charge on any atom is -0.298 e. The van der Waals surface area contributed by atoms with Crippen molar-refractivity contribution in [1.29, 1.82) is 0 Å². The van der Waals surface area contributed by atoms with Gasteiger partial charge in [0.1, 0.15) is 5.82 Å². The summed E-state index contributed by atoms with van der Waals surface area (Å²) >= 11 is 0. The quantitative estimate of drug-likeness (QED) is 0.819. The van der Waals surface area contributed by atoms with Crippen molar-refractivity contribution in [2.45, 2.75) is 24.7 Å². The molecule has 0 saturated heterocycles. The number of nitrogens with one attached hydrogen (secondary N) is 1. The Morgan fingerprint density at radius 2 is 1.74 bits per heavy atom. The van der Waals surface area contributed by atoms with E-state index >= 15 is 0 Å². The molecule has 0 spiro atoms. The molecule has 0 unspecified atom stereocenters. The Morgan fingerprint density at radius 1 is 1.09 bits per heavy atom. The fourth-order valence-corrected chi connectivity index (χ4v) is 3.14. The molecule has 23 heavy (non-hydrogen) atoms. The number of aldehydes is 1. The van der Waals surface area contributed by atoms with E-state index in [1.165, 1.54) is 12.1 Å². The van der Waals surface area contributed by atoms with Crippen LogP contribution in [0.2, 0.25) is 0 Å². The van der Waals surface area contributed by atoms with Gasteiger partial charge in [0.15, 0.2) is 12.1 Å². The lowest BCUT2D eigenvalue weighted by molar-refractivity contribution is 0.111. The summed E-state index contributed by atoms with van der Waals surface area (Å²) in [4.78, 5) is 10.6. The van der Waals surface area contributed by atoms with E-state index < -0.39 is 32.9 Å². The third-order valence-electron chi connectivity index (χ3n) is 3.26. The van der Waals surface area contributed by atoms with Crippen molar-refractivity contribution in [3.05, 3.63) is 59.2 Å². The van der Waals surface area contributed by atoms with Crippen LogP contribution in [0.1, 0.15) is 29.3 Å². The van der Waals surface area contributed by atoms with Gasteiger partial charge in [-0.25, -0.2) is 17.2 Å². The summed E-state index contributed by atoms with van der Waals surface area (Å²) in [6.45, 7) is 2.01. The number of halogens is 2. The van der Waals surface area contributed by atoms with Crippen LogP contribution < -0.4 is 4.72 Å². The number of rotatable bonds is 6. The molecule has 0 amide bonds. The molecule has 0 aliphatic heterocycles. The number of sulfonamides is 1. The van der Waals surface area contributed by atoms with Crippen LogP contribution in [0, 0.1) is 11.6 Å². The standard InChI is InChI=1S/C16H15F2NO3S/c1-2-3-11-4-6-12(7-5-11)23(21,22)19-15-9-8-14(17)13(10-20)16(15)18/h4-10,19H,2-3H2,1H3. The zero-order valence-electron chi connectivity index (χ0n) is 12.3. The second-order valence-corrected chi connectivity index (χ2v) is 6.62. The lowest BCUT2D eigenvalue weighted by atomic mass is 10.1. The molecule has 2 rings (SSSR count). The molecular weight excluding hydrogens is 324 g/mol. The second-order valence-electron chi connectivity index (χ2n) is 4.94. The summed E-state index contributed by atoms with van der Waals surface area (Å²) in [6, 6.07) is 7.94. The van der Waals surface area contributed by atoms with Gasteiger partial charge in [0.25, 0.3) is 10.0 Å². The van der Waals surface area contributed by atoms with Gasteiger partial charge in [0, 0.05) is 0 Å². The van der Waals surface area contributed by atoms with Crippen LogP contribution in [0.25, 0.3) is 0 Å². The molecule has 0 fully saturated rings. The Balaban J connectivity index is 2.33. The molecule has 4 nitrogen and oxygen atoms in total. The average Bonchev–Trinajstić information content (AvgIpc) is 2.51. The van der Waals surface area contributed by atoms with Crippen molar-refractivity contribution in [3.63, 3.8) is 0 Å². The first kappa shape index (κ1) is 17.1. The van der Waals surface area contributed by atoms with Crippen LogP contribution in [-0.4, -0.2) is 14.7 Å². The van der Waals surface area contributed by atoms with Crippen molar-refractivity contribution in [2.75, 3.05) is 4.72 Å². The number of carbonyl (C=O) groups is 1. The summed E-state index contributed by atoms with van der Waals surface area (Å²) in [5.41, 5.74) is -0.308. The molecule has 1 N–H and O–H groups in total. The summed E-state index contributed by atoms with van der Waals surface area (Å²) < 4.78 is 53.7. The van der Waals surface area contributed by atoms with Gasteiger partial charge in [-0.2, -0.15) is 0 Å². The Bertz CT molecular complexity index is 818. The van der Waals surface area contributed by atoms with Gasteiger partial charge in [-0.05, 0) is 36.2 Å². The van der Waals surface area contributed by atoms with Crippen LogP contribution in [-0.2, 0) is 16.4 Å². The van der Waals surface area contributed by atoms with E-state index in [1.54, 1.807) is 12.1 Å². The van der Waals surface area contributed by atoms with Gasteiger partial charge >= 0.3 is 0 Å². The van der Waals surface area contributed by atoms with Gasteiger partial charge in [-0.15, -0.1) is 0 Å². The van der Waals surface area contributed by atoms with E-state index in [9.17, 15) is 22.0 Å². The number of hydrogen-bond acceptors (Lipinski definition) is 3. The number of hydrogen-bond donors (Lipinski definition) is 1. The molecule has 122 valence electrons. The lowest BCUT2D eigenvalue weighted by Crippen LogP contribution is -2.15. The zero-order valence-corrected chi connectivity index (χ0v) is 13.2. The number of anilines is 1. The van der Waals surface area contributed by atoms with E-state index in [1.807, 2.05) is 11.6 Å². The maximum absolute atomic E-state index is 13.9. The van der Waals surface area contributed by atoms with E-state index in [-0.39, 0.29) is 11.2 Å². The highest BCUT2D eigenvalue weighted by atomic mass is 32.2. The van der Waals surface area contributed by atoms with Crippen LogP contribution >= 0.6 is 0 Å². The van der Waals surface area contributed by atoms with Crippen molar-refractivity contribution >= 4 is 22.0 Å². The van der Waals surface area contributed by atoms with Gasteiger partial charge in [0.05, 0.1) is 16.1 Å². The van der Waals surface area contributed by atoms with Crippen molar-refractivity contribution < 1.29 is 22.0 Å². The number of carbonyl (C=O) groups excluding carboxylic acids is 1. The van der Waals surface area contributed by atoms with Crippen molar-refractivity contribution in [1.82, 2.24) is 0 Å². The number of benzene rings is 2. The minimum absolute atomic E-state index is 0.00199. The van der Waals surface area contributed by atoms with E-state index in [0.717, 1.165) is 30.5 Å². The molecule has 0 bridgehead atoms. The Kier molecular flexibility index (Phi) is 5.10. The molecule has 0 atom stereocenters. The lowest BCUT2D eigenvalue weighted by Gasteiger charge is -2.10. The van der Waals surface area contributed by atoms with Gasteiger partial charge in [-0.3, -0.25) is 9.52 Å². The molecule has 0 saturated carbocycles. The smallest absolute Gasteiger partial charge is 0.261 e. The Labute approximate surface area is 133 Å². The Hall–Kier alpha value is -2.28. The molecular formula is C16H15F2NO3S. The summed E-state index contributed by atoms with van der Waals surface area (Å²) in [6.07, 6.45) is 1.75. The predicted octanol–water partition coefficient (Wildman–Crippen LogP) is 3.53. The second kappa shape index (κ2) is 6.87. The Morgan fingerprint density at radius 3 is 2.30 bits per heavy atom. The van der Waals surface area contributed by atoms with Crippen LogP contribution in [0.15, 0.2) is 41.3 Å². The first-order valence-electron chi connectivity index (χ1n) is 6.94. The summed E-state index contributed by atoms with van der Waals surface area (Å²) in [7, 11) is -4.03. The third kappa shape index (κ3) is 3.73. The van der Waals surface area contributed by atoms with Crippen LogP contribution in [0.4, 0.5) is 14.5 Å². The zero-order chi connectivity index (χ0) is 17.0. The molecule has 0 aromatic heterocycles. The maximum Gasteiger partial charge on any atom is 0.261 e. The predicted molar refractivity (Wildman–Crippen MR) is 83.0 cm³/mol. The minimum atomic E-state index is -4.03. The van der Waals surface area contributed by atoms with Gasteiger partial charge < -0.3 is 0 Å². The first-order chi connectivity index (χ1) is 10.9. The normalized spacial score (nSPS) is 11.3. The highest BCUT2D eigenvalue weighted by Gasteiger charge is 2.19. The van der Waals surface area contributed by atoms with Crippen LogP contribution in [0.5, 0.6) is 0 Å². The first-order valence-corrected chi connectivity index (χ1v) is 8.42. The third-order valence-corrected chi connectivity index (χ3v) is 4.64. The highest BCUT2D eigenvalue weighted by Crippen LogP contribution is 2.23. The van der Waals surface area contributed by atoms with E-state index in [0.29, 0.717) is 0 Å². The fourth-order valence-electron chi connectivity index (χ4n) is 2.08. The largest absolute Gasteiger partial charge is 0.298 e. The van der Waals surface area contributed by atoms with Crippen LogP contribution in [0.3, 0.4) is 0 Å². The monoisotopic (exact) mass is 339 g/mol. The molecule has 2 aromatic carbocycles. The highest BCUT2D eigenvalue weighted by molar-refractivity contribution is 7.92. The molecule has 0 radical (unpaired) electrons. The van der Waals surface area contributed by atoms with Crippen molar-refractivity contribution in [2.24, 2.45) is 0 Å². The maximum atomic E-state index is 13.9. The average molecular weight is 339 g/mol. The SMILES string of the molecule is CCCc1ccc(S(=O)(=O)Nc2ccc(F)c(C=O)c2F)cc1. The van der Waals surface area contributed by atoms with E-state index in [2.05, 4.69) is 0 Å². The molecule has 2 aromatic rings. The molecule has 0 aliphatic rings. The fraction of sp³-hybridized carbons (Fsp3) is 0.188. The summed E-state index contributed by atoms with van der Waals surface area (Å²) in [5, 5.41) is 0. The summed E-state index contributed by atoms with van der Waals surface area (Å²) in [5.74, 6) is -2.30. The molecule has 0 heterocycles. The molecule has 0 aliphatic carbocycles. The van der Waals surface area contributed by atoms with Crippen molar-refractivity contribution in [3.8, 4) is 0 Å². The molecule has 7 heteroatoms. The van der Waals surface area contributed by atoms with Gasteiger partial charge in [-0.1, -0.05) is 25.5 Å².